The standard InChI is InChI=1S/C15H23N3S2/c1-20-13-5-8-16-15(19)18-11-9-17(10-12-18)14-6-3-2-4-7-14/h2-4,6-7H,5,8-13H2,1H3,(H,16,19). The van der Waals surface area contributed by atoms with E-state index in [0.29, 0.717) is 0 Å². The Morgan fingerprint density at radius 3 is 2.55 bits per heavy atom. The zero-order chi connectivity index (χ0) is 14.2. The van der Waals surface area contributed by atoms with E-state index in [0.717, 1.165) is 37.8 Å². The van der Waals surface area contributed by atoms with Crippen LogP contribution in [0.2, 0.25) is 0 Å². The number of nitrogens with zero attached hydrogens (tertiary/aromatic N) is 2. The lowest BCUT2D eigenvalue weighted by atomic mass is 10.2. The van der Waals surface area contributed by atoms with Crippen molar-refractivity contribution < 1.29 is 0 Å². The van der Waals surface area contributed by atoms with Crippen LogP contribution in [0, 0.1) is 0 Å². The summed E-state index contributed by atoms with van der Waals surface area (Å²) < 4.78 is 0. The number of hydrogen-bond donors (Lipinski definition) is 1. The van der Waals surface area contributed by atoms with Gasteiger partial charge in [0.1, 0.15) is 0 Å². The molecule has 0 bridgehead atoms. The summed E-state index contributed by atoms with van der Waals surface area (Å²) in [5, 5.41) is 4.28. The van der Waals surface area contributed by atoms with Crippen LogP contribution in [0.4, 0.5) is 5.69 Å². The second kappa shape index (κ2) is 8.37. The van der Waals surface area contributed by atoms with Crippen LogP contribution in [0.1, 0.15) is 6.42 Å². The van der Waals surface area contributed by atoms with Crippen LogP contribution in [-0.4, -0.2) is 54.7 Å². The molecule has 3 nitrogen and oxygen atoms in total. The van der Waals surface area contributed by atoms with Crippen LogP contribution < -0.4 is 10.2 Å². The van der Waals surface area contributed by atoms with Gasteiger partial charge in [-0.25, -0.2) is 0 Å². The second-order valence-electron chi connectivity index (χ2n) is 4.89. The van der Waals surface area contributed by atoms with E-state index in [9.17, 15) is 0 Å². The Morgan fingerprint density at radius 1 is 1.20 bits per heavy atom. The maximum atomic E-state index is 5.47. The molecule has 1 aliphatic rings. The molecule has 0 saturated carbocycles. The largest absolute Gasteiger partial charge is 0.368 e. The Morgan fingerprint density at radius 2 is 1.90 bits per heavy atom. The van der Waals surface area contributed by atoms with Crippen LogP contribution in [0.3, 0.4) is 0 Å². The topological polar surface area (TPSA) is 18.5 Å². The molecule has 0 spiro atoms. The van der Waals surface area contributed by atoms with Gasteiger partial charge in [0.25, 0.3) is 0 Å². The summed E-state index contributed by atoms with van der Waals surface area (Å²) in [6.45, 7) is 5.07. The number of thiocarbonyl (C=S) groups is 1. The number of rotatable bonds is 5. The van der Waals surface area contributed by atoms with E-state index in [2.05, 4.69) is 51.7 Å². The third-order valence-corrected chi connectivity index (χ3v) is 4.59. The third kappa shape index (κ3) is 4.56. The minimum absolute atomic E-state index is 0.916. The van der Waals surface area contributed by atoms with Crippen molar-refractivity contribution >= 4 is 34.8 Å². The van der Waals surface area contributed by atoms with Crippen molar-refractivity contribution in [3.8, 4) is 0 Å². The molecule has 110 valence electrons. The molecule has 0 aliphatic carbocycles. The van der Waals surface area contributed by atoms with Crippen molar-refractivity contribution in [1.82, 2.24) is 10.2 Å². The first-order chi connectivity index (χ1) is 9.81. The Labute approximate surface area is 131 Å². The van der Waals surface area contributed by atoms with Gasteiger partial charge in [-0.05, 0) is 42.8 Å². The van der Waals surface area contributed by atoms with Crippen molar-refractivity contribution in [3.63, 3.8) is 0 Å². The fraction of sp³-hybridized carbons (Fsp3) is 0.533. The first kappa shape index (κ1) is 15.4. The Kier molecular flexibility index (Phi) is 6.47. The second-order valence-corrected chi connectivity index (χ2v) is 6.26. The fourth-order valence-electron chi connectivity index (χ4n) is 2.33. The van der Waals surface area contributed by atoms with E-state index in [1.165, 1.54) is 17.9 Å². The predicted molar refractivity (Wildman–Crippen MR) is 93.8 cm³/mol. The Bertz CT molecular complexity index is 403. The highest BCUT2D eigenvalue weighted by Gasteiger charge is 2.18. The van der Waals surface area contributed by atoms with Gasteiger partial charge in [-0.3, -0.25) is 0 Å². The van der Waals surface area contributed by atoms with Crippen LogP contribution in [0.25, 0.3) is 0 Å². The fourth-order valence-corrected chi connectivity index (χ4v) is 3.05. The highest BCUT2D eigenvalue weighted by Crippen LogP contribution is 2.15. The van der Waals surface area contributed by atoms with Crippen LogP contribution in [0.15, 0.2) is 30.3 Å². The van der Waals surface area contributed by atoms with Crippen molar-refractivity contribution in [2.45, 2.75) is 6.42 Å². The van der Waals surface area contributed by atoms with E-state index < -0.39 is 0 Å². The number of anilines is 1. The molecular weight excluding hydrogens is 286 g/mol. The first-order valence-electron chi connectivity index (χ1n) is 7.13. The average Bonchev–Trinajstić information content (AvgIpc) is 2.52. The predicted octanol–water partition coefficient (Wildman–Crippen LogP) is 2.44. The van der Waals surface area contributed by atoms with Gasteiger partial charge < -0.3 is 15.1 Å². The minimum Gasteiger partial charge on any atom is -0.368 e. The van der Waals surface area contributed by atoms with E-state index in [4.69, 9.17) is 12.2 Å². The molecule has 1 N–H and O–H groups in total. The summed E-state index contributed by atoms with van der Waals surface area (Å²) >= 11 is 7.35. The molecule has 1 aliphatic heterocycles. The van der Waals surface area contributed by atoms with E-state index in [1.807, 2.05) is 11.8 Å². The lowest BCUT2D eigenvalue weighted by molar-refractivity contribution is 0.380. The quantitative estimate of drug-likeness (QED) is 0.663. The Hall–Kier alpha value is -0.940. The number of nitrogens with one attached hydrogen (secondary N) is 1. The zero-order valence-corrected chi connectivity index (χ0v) is 13.7. The molecule has 20 heavy (non-hydrogen) atoms. The number of benzene rings is 1. The smallest absolute Gasteiger partial charge is 0.169 e. The summed E-state index contributed by atoms with van der Waals surface area (Å²) in [5.41, 5.74) is 1.31. The maximum Gasteiger partial charge on any atom is 0.169 e. The van der Waals surface area contributed by atoms with Gasteiger partial charge in [0.05, 0.1) is 0 Å². The van der Waals surface area contributed by atoms with Crippen molar-refractivity contribution in [1.29, 1.82) is 0 Å². The maximum absolute atomic E-state index is 5.47. The molecular formula is C15H23N3S2. The van der Waals surface area contributed by atoms with Gasteiger partial charge >= 0.3 is 0 Å². The number of thioether (sulfide) groups is 1. The van der Waals surface area contributed by atoms with Gasteiger partial charge in [0.15, 0.2) is 5.11 Å². The normalized spacial score (nSPS) is 15.2. The molecule has 0 aromatic heterocycles. The van der Waals surface area contributed by atoms with Crippen LogP contribution in [-0.2, 0) is 0 Å². The van der Waals surface area contributed by atoms with Crippen LogP contribution >= 0.6 is 24.0 Å². The summed E-state index contributed by atoms with van der Waals surface area (Å²) in [7, 11) is 0. The summed E-state index contributed by atoms with van der Waals surface area (Å²) in [6, 6.07) is 10.6. The molecule has 0 atom stereocenters. The van der Waals surface area contributed by atoms with Crippen molar-refractivity contribution in [2.75, 3.05) is 49.6 Å². The van der Waals surface area contributed by atoms with Gasteiger partial charge in [-0.2, -0.15) is 11.8 Å². The molecule has 1 aromatic carbocycles. The van der Waals surface area contributed by atoms with Gasteiger partial charge in [0.2, 0.25) is 0 Å². The molecule has 0 radical (unpaired) electrons. The molecule has 1 saturated heterocycles. The van der Waals surface area contributed by atoms with E-state index >= 15 is 0 Å². The lowest BCUT2D eigenvalue weighted by Crippen LogP contribution is -2.51. The molecule has 1 aromatic rings. The van der Waals surface area contributed by atoms with Gasteiger partial charge in [-0.1, -0.05) is 18.2 Å². The molecule has 1 fully saturated rings. The molecule has 0 amide bonds. The van der Waals surface area contributed by atoms with E-state index in [1.54, 1.807) is 0 Å². The number of hydrogen-bond acceptors (Lipinski definition) is 3. The van der Waals surface area contributed by atoms with Gasteiger partial charge in [-0.15, -0.1) is 0 Å². The molecule has 1 heterocycles. The van der Waals surface area contributed by atoms with Crippen molar-refractivity contribution in [2.24, 2.45) is 0 Å². The summed E-state index contributed by atoms with van der Waals surface area (Å²) in [4.78, 5) is 4.71. The molecule has 5 heteroatoms. The average molecular weight is 310 g/mol. The van der Waals surface area contributed by atoms with Gasteiger partial charge in [0, 0.05) is 38.4 Å². The zero-order valence-electron chi connectivity index (χ0n) is 12.0. The summed E-state index contributed by atoms with van der Waals surface area (Å²) in [6.07, 6.45) is 3.31. The van der Waals surface area contributed by atoms with Crippen molar-refractivity contribution in [3.05, 3.63) is 30.3 Å². The Balaban J connectivity index is 1.72. The molecule has 0 unspecified atom stereocenters. The highest BCUT2D eigenvalue weighted by atomic mass is 32.2. The van der Waals surface area contributed by atoms with Crippen LogP contribution in [0.5, 0.6) is 0 Å². The van der Waals surface area contributed by atoms with E-state index in [-0.39, 0.29) is 0 Å². The first-order valence-corrected chi connectivity index (χ1v) is 8.93. The monoisotopic (exact) mass is 309 g/mol. The third-order valence-electron chi connectivity index (χ3n) is 3.49. The molecule has 2 rings (SSSR count). The SMILES string of the molecule is CSCCCNC(=S)N1CCN(c2ccccc2)CC1. The number of para-hydroxylation sites is 1. The summed E-state index contributed by atoms with van der Waals surface area (Å²) in [5.74, 6) is 1.19. The minimum atomic E-state index is 0.916. The number of piperazine rings is 1. The highest BCUT2D eigenvalue weighted by molar-refractivity contribution is 7.98. The lowest BCUT2D eigenvalue weighted by Gasteiger charge is -2.37.